The Labute approximate surface area is 120 Å². The van der Waals surface area contributed by atoms with Crippen LogP contribution in [0.1, 0.15) is 38.4 Å². The summed E-state index contributed by atoms with van der Waals surface area (Å²) < 4.78 is 5.05. The SMILES string of the molecule is CCCC(C)(N)C(=O)NCC(O)c1ccc(OC)cc1. The molecule has 5 heteroatoms. The third-order valence-electron chi connectivity index (χ3n) is 3.24. The Kier molecular flexibility index (Phi) is 5.98. The summed E-state index contributed by atoms with van der Waals surface area (Å²) in [5, 5.41) is 12.7. The molecule has 0 aliphatic heterocycles. The number of carbonyl (C=O) groups excluding carboxylic acids is 1. The largest absolute Gasteiger partial charge is 0.497 e. The molecule has 0 saturated carbocycles. The zero-order chi connectivity index (χ0) is 15.2. The van der Waals surface area contributed by atoms with Crippen molar-refractivity contribution in [1.29, 1.82) is 0 Å². The van der Waals surface area contributed by atoms with Crippen LogP contribution in [0.25, 0.3) is 0 Å². The minimum atomic E-state index is -0.894. The molecule has 0 fully saturated rings. The van der Waals surface area contributed by atoms with Crippen molar-refractivity contribution >= 4 is 5.91 Å². The van der Waals surface area contributed by atoms with Crippen LogP contribution in [0.15, 0.2) is 24.3 Å². The predicted molar refractivity (Wildman–Crippen MR) is 78.5 cm³/mol. The van der Waals surface area contributed by atoms with Gasteiger partial charge in [0.2, 0.25) is 5.91 Å². The van der Waals surface area contributed by atoms with Crippen molar-refractivity contribution in [1.82, 2.24) is 5.32 Å². The molecule has 0 spiro atoms. The van der Waals surface area contributed by atoms with E-state index in [1.165, 1.54) is 0 Å². The Hall–Kier alpha value is -1.59. The zero-order valence-electron chi connectivity index (χ0n) is 12.3. The van der Waals surface area contributed by atoms with Gasteiger partial charge in [0.15, 0.2) is 0 Å². The first kappa shape index (κ1) is 16.5. The van der Waals surface area contributed by atoms with E-state index in [1.807, 2.05) is 6.92 Å². The summed E-state index contributed by atoms with van der Waals surface area (Å²) in [7, 11) is 1.58. The molecule has 0 aliphatic rings. The second-order valence-corrected chi connectivity index (χ2v) is 5.17. The predicted octanol–water partition coefficient (Wildman–Crippen LogP) is 1.36. The fourth-order valence-electron chi connectivity index (χ4n) is 1.97. The minimum absolute atomic E-state index is 0.141. The van der Waals surface area contributed by atoms with Gasteiger partial charge in [0.05, 0.1) is 18.8 Å². The first-order chi connectivity index (χ1) is 9.40. The van der Waals surface area contributed by atoms with E-state index < -0.39 is 11.6 Å². The van der Waals surface area contributed by atoms with Crippen molar-refractivity contribution in [3.63, 3.8) is 0 Å². The lowest BCUT2D eigenvalue weighted by atomic mass is 9.96. The van der Waals surface area contributed by atoms with E-state index in [0.717, 1.165) is 17.7 Å². The van der Waals surface area contributed by atoms with Gasteiger partial charge >= 0.3 is 0 Å². The van der Waals surface area contributed by atoms with E-state index in [9.17, 15) is 9.90 Å². The summed E-state index contributed by atoms with van der Waals surface area (Å²) in [4.78, 5) is 11.9. The quantitative estimate of drug-likeness (QED) is 0.704. The smallest absolute Gasteiger partial charge is 0.239 e. The molecule has 0 bridgehead atoms. The molecule has 0 heterocycles. The number of amides is 1. The van der Waals surface area contributed by atoms with Gasteiger partial charge in [-0.05, 0) is 31.0 Å². The Morgan fingerprint density at radius 3 is 2.55 bits per heavy atom. The molecule has 0 aromatic heterocycles. The summed E-state index contributed by atoms with van der Waals surface area (Å²) in [5.74, 6) is 0.481. The fourth-order valence-corrected chi connectivity index (χ4v) is 1.97. The first-order valence-electron chi connectivity index (χ1n) is 6.80. The van der Waals surface area contributed by atoms with Gasteiger partial charge in [0.1, 0.15) is 5.75 Å². The molecule has 1 aromatic rings. The van der Waals surface area contributed by atoms with Crippen molar-refractivity contribution < 1.29 is 14.6 Å². The van der Waals surface area contributed by atoms with Crippen LogP contribution < -0.4 is 15.8 Å². The number of carbonyl (C=O) groups is 1. The third-order valence-corrected chi connectivity index (χ3v) is 3.24. The molecule has 112 valence electrons. The lowest BCUT2D eigenvalue weighted by Gasteiger charge is -2.23. The number of methoxy groups -OCH3 is 1. The molecule has 20 heavy (non-hydrogen) atoms. The van der Waals surface area contributed by atoms with Crippen molar-refractivity contribution in [3.8, 4) is 5.75 Å². The molecule has 1 aromatic carbocycles. The van der Waals surface area contributed by atoms with E-state index in [0.29, 0.717) is 6.42 Å². The standard InChI is InChI=1S/C15H24N2O3/c1-4-9-15(2,16)14(19)17-10-13(18)11-5-7-12(20-3)8-6-11/h5-8,13,18H,4,9-10,16H2,1-3H3,(H,17,19). The van der Waals surface area contributed by atoms with Crippen LogP contribution in [0.3, 0.4) is 0 Å². The van der Waals surface area contributed by atoms with Crippen molar-refractivity contribution in [2.45, 2.75) is 38.3 Å². The molecule has 1 amide bonds. The number of aliphatic hydroxyl groups excluding tert-OH is 1. The van der Waals surface area contributed by atoms with E-state index in [2.05, 4.69) is 5.32 Å². The number of rotatable bonds is 7. The third kappa shape index (κ3) is 4.51. The Bertz CT molecular complexity index is 429. The van der Waals surface area contributed by atoms with Gasteiger partial charge < -0.3 is 20.9 Å². The molecule has 4 N–H and O–H groups in total. The second kappa shape index (κ2) is 7.26. The summed E-state index contributed by atoms with van der Waals surface area (Å²) in [6.07, 6.45) is 0.682. The number of aliphatic hydroxyl groups is 1. The molecule has 0 aliphatic carbocycles. The Morgan fingerprint density at radius 1 is 1.45 bits per heavy atom. The summed E-state index contributed by atoms with van der Waals surface area (Å²) >= 11 is 0. The Morgan fingerprint density at radius 2 is 2.05 bits per heavy atom. The molecule has 2 unspecified atom stereocenters. The van der Waals surface area contributed by atoms with E-state index in [4.69, 9.17) is 10.5 Å². The zero-order valence-corrected chi connectivity index (χ0v) is 12.3. The normalized spacial score (nSPS) is 15.2. The van der Waals surface area contributed by atoms with Crippen LogP contribution >= 0.6 is 0 Å². The van der Waals surface area contributed by atoms with Crippen LogP contribution in [0, 0.1) is 0 Å². The van der Waals surface area contributed by atoms with E-state index >= 15 is 0 Å². The summed E-state index contributed by atoms with van der Waals surface area (Å²) in [5.41, 5.74) is 5.75. The maximum absolute atomic E-state index is 11.9. The van der Waals surface area contributed by atoms with Crippen LogP contribution in [-0.2, 0) is 4.79 Å². The number of benzene rings is 1. The molecule has 2 atom stereocenters. The summed E-state index contributed by atoms with van der Waals surface area (Å²) in [6.45, 7) is 3.82. The number of hydrogen-bond acceptors (Lipinski definition) is 4. The monoisotopic (exact) mass is 280 g/mol. The summed E-state index contributed by atoms with van der Waals surface area (Å²) in [6, 6.07) is 7.07. The van der Waals surface area contributed by atoms with Gasteiger partial charge in [-0.2, -0.15) is 0 Å². The maximum Gasteiger partial charge on any atom is 0.239 e. The number of ether oxygens (including phenoxy) is 1. The van der Waals surface area contributed by atoms with Crippen molar-refractivity contribution in [2.24, 2.45) is 5.73 Å². The number of nitrogens with two attached hydrogens (primary N) is 1. The molecular formula is C15H24N2O3. The molecule has 0 saturated heterocycles. The van der Waals surface area contributed by atoms with E-state index in [-0.39, 0.29) is 12.5 Å². The maximum atomic E-state index is 11.9. The van der Waals surface area contributed by atoms with Gasteiger partial charge in [0, 0.05) is 6.54 Å². The lowest BCUT2D eigenvalue weighted by Crippen LogP contribution is -2.52. The highest BCUT2D eigenvalue weighted by Crippen LogP contribution is 2.17. The van der Waals surface area contributed by atoms with Gasteiger partial charge in [0.25, 0.3) is 0 Å². The highest BCUT2D eigenvalue weighted by atomic mass is 16.5. The molecule has 0 radical (unpaired) electrons. The van der Waals surface area contributed by atoms with Crippen molar-refractivity contribution in [3.05, 3.63) is 29.8 Å². The number of nitrogens with one attached hydrogen (secondary N) is 1. The van der Waals surface area contributed by atoms with Gasteiger partial charge in [-0.15, -0.1) is 0 Å². The van der Waals surface area contributed by atoms with Gasteiger partial charge in [-0.25, -0.2) is 0 Å². The molecular weight excluding hydrogens is 256 g/mol. The van der Waals surface area contributed by atoms with E-state index in [1.54, 1.807) is 38.3 Å². The van der Waals surface area contributed by atoms with Gasteiger partial charge in [-0.3, -0.25) is 4.79 Å². The average molecular weight is 280 g/mol. The topological polar surface area (TPSA) is 84.6 Å². The first-order valence-corrected chi connectivity index (χ1v) is 6.80. The van der Waals surface area contributed by atoms with Gasteiger partial charge in [-0.1, -0.05) is 25.5 Å². The van der Waals surface area contributed by atoms with Crippen LogP contribution in [0.5, 0.6) is 5.75 Å². The fraction of sp³-hybridized carbons (Fsp3) is 0.533. The van der Waals surface area contributed by atoms with Crippen LogP contribution in [-0.4, -0.2) is 30.2 Å². The molecule has 5 nitrogen and oxygen atoms in total. The second-order valence-electron chi connectivity index (χ2n) is 5.17. The molecule has 1 rings (SSSR count). The number of hydrogen-bond donors (Lipinski definition) is 3. The van der Waals surface area contributed by atoms with Crippen molar-refractivity contribution in [2.75, 3.05) is 13.7 Å². The minimum Gasteiger partial charge on any atom is -0.497 e. The Balaban J connectivity index is 2.54. The highest BCUT2D eigenvalue weighted by Gasteiger charge is 2.27. The average Bonchev–Trinajstić information content (AvgIpc) is 2.44. The van der Waals surface area contributed by atoms with Crippen LogP contribution in [0.4, 0.5) is 0 Å². The highest BCUT2D eigenvalue weighted by molar-refractivity contribution is 5.85. The van der Waals surface area contributed by atoms with Crippen LogP contribution in [0.2, 0.25) is 0 Å². The lowest BCUT2D eigenvalue weighted by molar-refractivity contribution is -0.126.